The van der Waals surface area contributed by atoms with Crippen molar-refractivity contribution in [3.63, 3.8) is 0 Å². The molecule has 0 amide bonds. The fourth-order valence-electron chi connectivity index (χ4n) is 1.27. The van der Waals surface area contributed by atoms with E-state index in [1.54, 1.807) is 18.2 Å². The van der Waals surface area contributed by atoms with Crippen molar-refractivity contribution in [3.05, 3.63) is 42.0 Å². The summed E-state index contributed by atoms with van der Waals surface area (Å²) in [5.74, 6) is 0. The molecule has 0 saturated heterocycles. The van der Waals surface area contributed by atoms with Gasteiger partial charge in [0, 0.05) is 0 Å². The van der Waals surface area contributed by atoms with Gasteiger partial charge in [0.2, 0.25) is 0 Å². The first-order valence-corrected chi connectivity index (χ1v) is 5.57. The lowest BCUT2D eigenvalue weighted by atomic mass is 10.1. The van der Waals surface area contributed by atoms with Gasteiger partial charge in [-0.3, -0.25) is 4.55 Å². The smallest absolute Gasteiger partial charge is 0.282 e. The number of hydrogen-bond acceptors (Lipinski definition) is 2. The Kier molecular flexibility index (Phi) is 3.08. The zero-order valence-electron chi connectivity index (χ0n) is 7.90. The van der Waals surface area contributed by atoms with Gasteiger partial charge in [-0.05, 0) is 25.0 Å². The van der Waals surface area contributed by atoms with Crippen molar-refractivity contribution < 1.29 is 13.0 Å². The minimum absolute atomic E-state index is 0.0389. The fourth-order valence-corrected chi connectivity index (χ4v) is 1.99. The van der Waals surface area contributed by atoms with Crippen molar-refractivity contribution in [2.45, 2.75) is 18.2 Å². The minimum Gasteiger partial charge on any atom is -0.282 e. The van der Waals surface area contributed by atoms with E-state index in [0.717, 1.165) is 5.56 Å². The van der Waals surface area contributed by atoms with E-state index in [4.69, 9.17) is 4.55 Å². The highest BCUT2D eigenvalue weighted by atomic mass is 32.2. The molecule has 0 unspecified atom stereocenters. The summed E-state index contributed by atoms with van der Waals surface area (Å²) in [6.45, 7) is 5.39. The molecule has 0 bridgehead atoms. The van der Waals surface area contributed by atoms with Gasteiger partial charge in [-0.2, -0.15) is 8.42 Å². The third-order valence-electron chi connectivity index (χ3n) is 1.86. The Morgan fingerprint density at radius 2 is 2.14 bits per heavy atom. The number of aryl methyl sites for hydroxylation is 1. The van der Waals surface area contributed by atoms with Crippen LogP contribution in [0.3, 0.4) is 0 Å². The van der Waals surface area contributed by atoms with Crippen molar-refractivity contribution in [1.82, 2.24) is 0 Å². The van der Waals surface area contributed by atoms with Crippen LogP contribution < -0.4 is 0 Å². The van der Waals surface area contributed by atoms with Gasteiger partial charge in [-0.25, -0.2) is 0 Å². The van der Waals surface area contributed by atoms with Crippen molar-refractivity contribution in [2.24, 2.45) is 0 Å². The molecule has 1 N–H and O–H groups in total. The van der Waals surface area contributed by atoms with Crippen LogP contribution in [0, 0.1) is 6.92 Å². The summed E-state index contributed by atoms with van der Waals surface area (Å²) in [7, 11) is -4.12. The highest BCUT2D eigenvalue weighted by Gasteiger charge is 2.13. The Morgan fingerprint density at radius 3 is 2.64 bits per heavy atom. The van der Waals surface area contributed by atoms with E-state index >= 15 is 0 Å². The first kappa shape index (κ1) is 10.9. The molecular formula is C10H12O3S. The predicted octanol–water partition coefficient (Wildman–Crippen LogP) is 1.97. The summed E-state index contributed by atoms with van der Waals surface area (Å²) in [6, 6.07) is 4.78. The normalized spacial score (nSPS) is 11.3. The van der Waals surface area contributed by atoms with Gasteiger partial charge in [-0.1, -0.05) is 23.8 Å². The van der Waals surface area contributed by atoms with Gasteiger partial charge in [0.05, 0.1) is 4.90 Å². The summed E-state index contributed by atoms with van der Waals surface area (Å²) in [5, 5.41) is 0. The monoisotopic (exact) mass is 212 g/mol. The molecule has 0 aliphatic carbocycles. The first-order valence-electron chi connectivity index (χ1n) is 4.13. The van der Waals surface area contributed by atoms with Gasteiger partial charge < -0.3 is 0 Å². The summed E-state index contributed by atoms with van der Waals surface area (Å²) in [4.78, 5) is -0.0389. The lowest BCUT2D eigenvalue weighted by Gasteiger charge is -2.05. The standard InChI is InChI=1S/C10H12O3S/c1-3-4-9-7-8(2)5-6-10(9)14(11,12)13/h3,5-7H,1,4H2,2H3,(H,11,12,13). The average Bonchev–Trinajstić information content (AvgIpc) is 2.02. The van der Waals surface area contributed by atoms with Crippen LogP contribution in [0.1, 0.15) is 11.1 Å². The van der Waals surface area contributed by atoms with Crippen LogP contribution in [-0.4, -0.2) is 13.0 Å². The maximum atomic E-state index is 11.0. The predicted molar refractivity (Wildman–Crippen MR) is 54.9 cm³/mol. The topological polar surface area (TPSA) is 54.4 Å². The molecule has 0 aliphatic rings. The number of allylic oxidation sites excluding steroid dienone is 1. The fraction of sp³-hybridized carbons (Fsp3) is 0.200. The van der Waals surface area contributed by atoms with Crippen LogP contribution in [0.5, 0.6) is 0 Å². The number of benzene rings is 1. The van der Waals surface area contributed by atoms with E-state index in [9.17, 15) is 8.42 Å². The summed E-state index contributed by atoms with van der Waals surface area (Å²) >= 11 is 0. The van der Waals surface area contributed by atoms with Crippen LogP contribution in [0.15, 0.2) is 35.7 Å². The lowest BCUT2D eigenvalue weighted by Crippen LogP contribution is -2.02. The van der Waals surface area contributed by atoms with Gasteiger partial charge in [0.1, 0.15) is 0 Å². The third-order valence-corrected chi connectivity index (χ3v) is 2.81. The van der Waals surface area contributed by atoms with E-state index in [1.165, 1.54) is 6.07 Å². The Balaban J connectivity index is 3.36. The molecule has 0 atom stereocenters. The zero-order chi connectivity index (χ0) is 10.8. The maximum absolute atomic E-state index is 11.0. The molecule has 4 heteroatoms. The van der Waals surface area contributed by atoms with Crippen LogP contribution in [-0.2, 0) is 16.5 Å². The second-order valence-corrected chi connectivity index (χ2v) is 4.47. The van der Waals surface area contributed by atoms with Crippen molar-refractivity contribution in [1.29, 1.82) is 0 Å². The van der Waals surface area contributed by atoms with E-state index in [2.05, 4.69) is 6.58 Å². The molecule has 0 radical (unpaired) electrons. The molecule has 0 saturated carbocycles. The highest BCUT2D eigenvalue weighted by Crippen LogP contribution is 2.17. The van der Waals surface area contributed by atoms with Crippen molar-refractivity contribution >= 4 is 10.1 Å². The quantitative estimate of drug-likeness (QED) is 0.615. The Morgan fingerprint density at radius 1 is 1.50 bits per heavy atom. The second kappa shape index (κ2) is 3.94. The van der Waals surface area contributed by atoms with E-state index in [1.807, 2.05) is 6.92 Å². The van der Waals surface area contributed by atoms with Gasteiger partial charge >= 0.3 is 0 Å². The van der Waals surface area contributed by atoms with Crippen LogP contribution >= 0.6 is 0 Å². The minimum atomic E-state index is -4.12. The molecule has 76 valence electrons. The van der Waals surface area contributed by atoms with Crippen molar-refractivity contribution in [2.75, 3.05) is 0 Å². The molecular weight excluding hydrogens is 200 g/mol. The zero-order valence-corrected chi connectivity index (χ0v) is 8.71. The largest absolute Gasteiger partial charge is 0.294 e. The van der Waals surface area contributed by atoms with E-state index in [0.29, 0.717) is 12.0 Å². The maximum Gasteiger partial charge on any atom is 0.294 e. The molecule has 1 rings (SSSR count). The molecule has 0 spiro atoms. The summed E-state index contributed by atoms with van der Waals surface area (Å²) in [6.07, 6.45) is 2.03. The van der Waals surface area contributed by atoms with Gasteiger partial charge in [0.15, 0.2) is 0 Å². The van der Waals surface area contributed by atoms with Crippen molar-refractivity contribution in [3.8, 4) is 0 Å². The van der Waals surface area contributed by atoms with Gasteiger partial charge in [-0.15, -0.1) is 6.58 Å². The summed E-state index contributed by atoms with van der Waals surface area (Å²) < 4.78 is 30.8. The molecule has 0 aromatic heterocycles. The Labute approximate surface area is 83.8 Å². The molecule has 0 fully saturated rings. The van der Waals surface area contributed by atoms with Crippen LogP contribution in [0.25, 0.3) is 0 Å². The average molecular weight is 212 g/mol. The molecule has 0 heterocycles. The highest BCUT2D eigenvalue weighted by molar-refractivity contribution is 7.85. The Bertz CT molecular complexity index is 446. The van der Waals surface area contributed by atoms with E-state index in [-0.39, 0.29) is 4.90 Å². The Hall–Kier alpha value is -1.13. The van der Waals surface area contributed by atoms with Crippen LogP contribution in [0.2, 0.25) is 0 Å². The van der Waals surface area contributed by atoms with Crippen LogP contribution in [0.4, 0.5) is 0 Å². The molecule has 1 aromatic carbocycles. The molecule has 3 nitrogen and oxygen atoms in total. The number of hydrogen-bond donors (Lipinski definition) is 1. The summed E-state index contributed by atoms with van der Waals surface area (Å²) in [5.41, 5.74) is 1.52. The first-order chi connectivity index (χ1) is 6.45. The van der Waals surface area contributed by atoms with E-state index < -0.39 is 10.1 Å². The lowest BCUT2D eigenvalue weighted by molar-refractivity contribution is 0.482. The van der Waals surface area contributed by atoms with Gasteiger partial charge in [0.25, 0.3) is 10.1 Å². The third kappa shape index (κ3) is 2.43. The number of rotatable bonds is 3. The molecule has 1 aromatic rings. The second-order valence-electron chi connectivity index (χ2n) is 3.08. The SMILES string of the molecule is C=CCc1cc(C)ccc1S(=O)(=O)O. The molecule has 0 aliphatic heterocycles. The molecule has 14 heavy (non-hydrogen) atoms.